The van der Waals surface area contributed by atoms with E-state index < -0.39 is 0 Å². The topological polar surface area (TPSA) is 69.0 Å². The van der Waals surface area contributed by atoms with Crippen molar-refractivity contribution in [3.63, 3.8) is 0 Å². The molecule has 144 valence electrons. The molecule has 0 aliphatic carbocycles. The fourth-order valence-electron chi connectivity index (χ4n) is 2.53. The van der Waals surface area contributed by atoms with E-state index in [1.807, 2.05) is 22.8 Å². The minimum atomic E-state index is -0.132. The van der Waals surface area contributed by atoms with Crippen molar-refractivity contribution in [1.29, 1.82) is 0 Å². The van der Waals surface area contributed by atoms with E-state index >= 15 is 0 Å². The molecular formula is C20H19ClN4O2S. The maximum absolute atomic E-state index is 12.3. The monoisotopic (exact) mass is 414 g/mol. The van der Waals surface area contributed by atoms with Gasteiger partial charge in [-0.3, -0.25) is 9.36 Å². The van der Waals surface area contributed by atoms with Crippen LogP contribution >= 0.6 is 23.4 Å². The molecule has 0 fully saturated rings. The van der Waals surface area contributed by atoms with Gasteiger partial charge in [-0.25, -0.2) is 0 Å². The molecule has 2 aromatic carbocycles. The van der Waals surface area contributed by atoms with Crippen LogP contribution in [0, 0.1) is 0 Å². The van der Waals surface area contributed by atoms with Crippen LogP contribution in [-0.4, -0.2) is 33.5 Å². The van der Waals surface area contributed by atoms with E-state index in [0.29, 0.717) is 28.2 Å². The molecule has 0 aliphatic heterocycles. The fourth-order valence-corrected chi connectivity index (χ4v) is 3.47. The number of hydrogen-bond donors (Lipinski definition) is 1. The minimum Gasteiger partial charge on any atom is -0.497 e. The van der Waals surface area contributed by atoms with Crippen molar-refractivity contribution in [1.82, 2.24) is 14.8 Å². The quantitative estimate of drug-likeness (QED) is 0.433. The van der Waals surface area contributed by atoms with Gasteiger partial charge in [-0.1, -0.05) is 41.6 Å². The highest BCUT2D eigenvalue weighted by Gasteiger charge is 2.15. The van der Waals surface area contributed by atoms with Crippen molar-refractivity contribution in [2.75, 3.05) is 18.2 Å². The number of nitrogens with one attached hydrogen (secondary N) is 1. The summed E-state index contributed by atoms with van der Waals surface area (Å²) in [5.41, 5.74) is 1.56. The van der Waals surface area contributed by atoms with E-state index in [2.05, 4.69) is 22.1 Å². The maximum atomic E-state index is 12.3. The lowest BCUT2D eigenvalue weighted by Gasteiger charge is -2.09. The van der Waals surface area contributed by atoms with E-state index in [-0.39, 0.29) is 11.7 Å². The first-order chi connectivity index (χ1) is 13.6. The zero-order valence-electron chi connectivity index (χ0n) is 15.3. The number of benzene rings is 2. The minimum absolute atomic E-state index is 0.132. The van der Waals surface area contributed by atoms with Gasteiger partial charge in [-0.05, 0) is 36.4 Å². The molecule has 3 rings (SSSR count). The number of carbonyl (C=O) groups excluding carboxylic acids is 1. The predicted octanol–water partition coefficient (Wildman–Crippen LogP) is 4.52. The van der Waals surface area contributed by atoms with Gasteiger partial charge in [0.1, 0.15) is 5.75 Å². The van der Waals surface area contributed by atoms with Gasteiger partial charge < -0.3 is 10.1 Å². The lowest BCUT2D eigenvalue weighted by Crippen LogP contribution is -2.14. The van der Waals surface area contributed by atoms with Gasteiger partial charge in [0.15, 0.2) is 11.0 Å². The Morgan fingerprint density at radius 3 is 2.75 bits per heavy atom. The van der Waals surface area contributed by atoms with Crippen molar-refractivity contribution < 1.29 is 9.53 Å². The summed E-state index contributed by atoms with van der Waals surface area (Å²) in [6, 6.07) is 14.6. The molecule has 1 N–H and O–H groups in total. The molecule has 0 unspecified atom stereocenters. The van der Waals surface area contributed by atoms with Gasteiger partial charge in [0.2, 0.25) is 5.91 Å². The average Bonchev–Trinajstić information content (AvgIpc) is 3.10. The molecule has 0 aliphatic rings. The van der Waals surface area contributed by atoms with Crippen LogP contribution in [0.1, 0.15) is 0 Å². The molecule has 1 amide bonds. The zero-order chi connectivity index (χ0) is 19.9. The summed E-state index contributed by atoms with van der Waals surface area (Å²) in [4.78, 5) is 12.3. The number of anilines is 1. The Labute approximate surface area is 172 Å². The highest BCUT2D eigenvalue weighted by atomic mass is 35.5. The second-order valence-electron chi connectivity index (χ2n) is 5.78. The zero-order valence-corrected chi connectivity index (χ0v) is 16.8. The van der Waals surface area contributed by atoms with Crippen LogP contribution in [0.2, 0.25) is 5.02 Å². The van der Waals surface area contributed by atoms with Crippen LogP contribution in [0.3, 0.4) is 0 Å². The second kappa shape index (κ2) is 9.43. The standard InChI is InChI=1S/C20H19ClN4O2S/c1-3-11-25-19(14-5-4-6-15(21)12-14)23-24-20(25)28-13-18(26)22-16-7-9-17(27-2)10-8-16/h3-10,12H,1,11,13H2,2H3,(H,22,26). The summed E-state index contributed by atoms with van der Waals surface area (Å²) in [5.74, 6) is 1.49. The Hall–Kier alpha value is -2.77. The van der Waals surface area contributed by atoms with Gasteiger partial charge in [0, 0.05) is 22.8 Å². The van der Waals surface area contributed by atoms with Crippen molar-refractivity contribution in [2.45, 2.75) is 11.7 Å². The number of rotatable bonds is 8. The van der Waals surface area contributed by atoms with Crippen molar-refractivity contribution in [3.05, 3.63) is 66.2 Å². The van der Waals surface area contributed by atoms with Gasteiger partial charge in [-0.2, -0.15) is 0 Å². The van der Waals surface area contributed by atoms with Gasteiger partial charge in [0.25, 0.3) is 0 Å². The first kappa shape index (κ1) is 20.0. The second-order valence-corrected chi connectivity index (χ2v) is 7.16. The Kier molecular flexibility index (Phi) is 6.73. The average molecular weight is 415 g/mol. The molecule has 8 heteroatoms. The predicted molar refractivity (Wildman–Crippen MR) is 113 cm³/mol. The van der Waals surface area contributed by atoms with Crippen LogP contribution < -0.4 is 10.1 Å². The number of thioether (sulfide) groups is 1. The Morgan fingerprint density at radius 2 is 2.07 bits per heavy atom. The number of amides is 1. The summed E-state index contributed by atoms with van der Waals surface area (Å²) in [6.07, 6.45) is 1.76. The van der Waals surface area contributed by atoms with Gasteiger partial charge in [-0.15, -0.1) is 16.8 Å². The van der Waals surface area contributed by atoms with E-state index in [1.165, 1.54) is 11.8 Å². The Balaban J connectivity index is 1.69. The number of hydrogen-bond acceptors (Lipinski definition) is 5. The van der Waals surface area contributed by atoms with Gasteiger partial charge >= 0.3 is 0 Å². The molecular weight excluding hydrogens is 396 g/mol. The Bertz CT molecular complexity index is 973. The molecule has 3 aromatic rings. The Morgan fingerprint density at radius 1 is 1.29 bits per heavy atom. The van der Waals surface area contributed by atoms with Crippen molar-refractivity contribution >= 4 is 35.0 Å². The van der Waals surface area contributed by atoms with Crippen LogP contribution in [0.4, 0.5) is 5.69 Å². The molecule has 0 bridgehead atoms. The molecule has 0 saturated carbocycles. The largest absolute Gasteiger partial charge is 0.497 e. The molecule has 0 saturated heterocycles. The summed E-state index contributed by atoms with van der Waals surface area (Å²) >= 11 is 7.40. The number of aromatic nitrogens is 3. The third-order valence-electron chi connectivity index (χ3n) is 3.82. The van der Waals surface area contributed by atoms with E-state index in [0.717, 1.165) is 11.3 Å². The van der Waals surface area contributed by atoms with E-state index in [4.69, 9.17) is 16.3 Å². The molecule has 28 heavy (non-hydrogen) atoms. The molecule has 0 radical (unpaired) electrons. The number of halogens is 1. The van der Waals surface area contributed by atoms with Crippen LogP contribution in [-0.2, 0) is 11.3 Å². The molecule has 1 heterocycles. The smallest absolute Gasteiger partial charge is 0.234 e. The fraction of sp³-hybridized carbons (Fsp3) is 0.150. The number of nitrogens with zero attached hydrogens (tertiary/aromatic N) is 3. The highest BCUT2D eigenvalue weighted by Crippen LogP contribution is 2.26. The SMILES string of the molecule is C=CCn1c(SCC(=O)Nc2ccc(OC)cc2)nnc1-c1cccc(Cl)c1. The maximum Gasteiger partial charge on any atom is 0.234 e. The van der Waals surface area contributed by atoms with Crippen molar-refractivity contribution in [3.8, 4) is 17.1 Å². The van der Waals surface area contributed by atoms with E-state index in [1.54, 1.807) is 43.5 Å². The van der Waals surface area contributed by atoms with Crippen LogP contribution in [0.5, 0.6) is 5.75 Å². The summed E-state index contributed by atoms with van der Waals surface area (Å²) in [6.45, 7) is 4.32. The summed E-state index contributed by atoms with van der Waals surface area (Å²) in [5, 5.41) is 12.6. The first-order valence-electron chi connectivity index (χ1n) is 8.47. The normalized spacial score (nSPS) is 10.5. The molecule has 6 nitrogen and oxygen atoms in total. The lowest BCUT2D eigenvalue weighted by molar-refractivity contribution is -0.113. The number of allylic oxidation sites excluding steroid dienone is 1. The number of methoxy groups -OCH3 is 1. The molecule has 0 atom stereocenters. The first-order valence-corrected chi connectivity index (χ1v) is 9.84. The summed E-state index contributed by atoms with van der Waals surface area (Å²) in [7, 11) is 1.60. The lowest BCUT2D eigenvalue weighted by atomic mass is 10.2. The number of ether oxygens (including phenoxy) is 1. The van der Waals surface area contributed by atoms with Gasteiger partial charge in [0.05, 0.1) is 12.9 Å². The molecule has 0 spiro atoms. The number of carbonyl (C=O) groups is 1. The van der Waals surface area contributed by atoms with Crippen molar-refractivity contribution in [2.24, 2.45) is 0 Å². The van der Waals surface area contributed by atoms with Crippen LogP contribution in [0.25, 0.3) is 11.4 Å². The molecule has 1 aromatic heterocycles. The third kappa shape index (κ3) is 4.94. The third-order valence-corrected chi connectivity index (χ3v) is 5.02. The van der Waals surface area contributed by atoms with E-state index in [9.17, 15) is 4.79 Å². The highest BCUT2D eigenvalue weighted by molar-refractivity contribution is 7.99. The summed E-state index contributed by atoms with van der Waals surface area (Å²) < 4.78 is 7.02. The van der Waals surface area contributed by atoms with Crippen LogP contribution in [0.15, 0.2) is 66.3 Å².